The monoisotopic (exact) mass is 261 g/mol. The Balaban J connectivity index is 2.12. The number of pyridine rings is 1. The number of carbonyl (C=O) groups is 1. The third-order valence-corrected chi connectivity index (χ3v) is 3.97. The van der Waals surface area contributed by atoms with Crippen LogP contribution in [0.25, 0.3) is 0 Å². The van der Waals surface area contributed by atoms with Crippen LogP contribution in [0.1, 0.15) is 45.1 Å². The Kier molecular flexibility index (Phi) is 4.70. The fourth-order valence-electron chi connectivity index (χ4n) is 3.09. The van der Waals surface area contributed by atoms with Crippen LogP contribution in [0.5, 0.6) is 0 Å². The smallest absolute Gasteiger partial charge is 0.169 e. The number of carbonyl (C=O) groups excluding carboxylic acids is 1. The minimum absolute atomic E-state index is 0.217. The number of nitrogens with zero attached hydrogens (tertiary/aromatic N) is 1. The van der Waals surface area contributed by atoms with Gasteiger partial charge in [-0.1, -0.05) is 19.4 Å². The number of aromatic nitrogens is 1. The molecule has 3 heteroatoms. The fraction of sp³-hybridized carbons (Fsp3) is 0.625. The maximum Gasteiger partial charge on any atom is 0.169 e. The van der Waals surface area contributed by atoms with Gasteiger partial charge in [-0.25, -0.2) is 0 Å². The van der Waals surface area contributed by atoms with Crippen molar-refractivity contribution in [1.29, 1.82) is 0 Å². The molecule has 0 bridgehead atoms. The Morgan fingerprint density at radius 1 is 1.58 bits per heavy atom. The van der Waals surface area contributed by atoms with Gasteiger partial charge >= 0.3 is 0 Å². The minimum atomic E-state index is -0.553. The predicted molar refractivity (Wildman–Crippen MR) is 74.9 cm³/mol. The van der Waals surface area contributed by atoms with E-state index < -0.39 is 5.60 Å². The predicted octanol–water partition coefficient (Wildman–Crippen LogP) is 3.18. The number of hydrogen-bond acceptors (Lipinski definition) is 3. The van der Waals surface area contributed by atoms with E-state index in [0.29, 0.717) is 18.9 Å². The zero-order valence-electron chi connectivity index (χ0n) is 11.9. The summed E-state index contributed by atoms with van der Waals surface area (Å²) in [4.78, 5) is 16.7. The molecule has 1 heterocycles. The van der Waals surface area contributed by atoms with Gasteiger partial charge in [0.25, 0.3) is 0 Å². The molecule has 0 spiro atoms. The van der Waals surface area contributed by atoms with E-state index in [1.165, 1.54) is 6.42 Å². The molecule has 0 saturated heterocycles. The summed E-state index contributed by atoms with van der Waals surface area (Å²) in [6.45, 7) is 4.79. The van der Waals surface area contributed by atoms with Gasteiger partial charge in [0, 0.05) is 25.4 Å². The summed E-state index contributed by atoms with van der Waals surface area (Å²) >= 11 is 0. The highest BCUT2D eigenvalue weighted by atomic mass is 16.5. The number of Topliss-reactive ketones (excluding diaryl/α,β-unsaturated/α-hetero) is 1. The minimum Gasteiger partial charge on any atom is -0.367 e. The second-order valence-electron chi connectivity index (χ2n) is 5.59. The van der Waals surface area contributed by atoms with E-state index >= 15 is 0 Å². The Hall–Kier alpha value is -1.22. The quantitative estimate of drug-likeness (QED) is 0.817. The molecule has 1 fully saturated rings. The third kappa shape index (κ3) is 3.41. The molecule has 0 N–H and O–H groups in total. The molecule has 1 aromatic heterocycles. The Labute approximate surface area is 115 Å². The van der Waals surface area contributed by atoms with Crippen molar-refractivity contribution in [3.05, 3.63) is 30.1 Å². The normalized spacial score (nSPS) is 27.2. The first-order chi connectivity index (χ1) is 9.16. The van der Waals surface area contributed by atoms with Gasteiger partial charge in [-0.3, -0.25) is 9.78 Å². The average molecular weight is 261 g/mol. The molecule has 0 aliphatic heterocycles. The van der Waals surface area contributed by atoms with Gasteiger partial charge in [-0.05, 0) is 43.7 Å². The van der Waals surface area contributed by atoms with Crippen LogP contribution in [0.3, 0.4) is 0 Å². The van der Waals surface area contributed by atoms with Crippen LogP contribution in [0.15, 0.2) is 24.5 Å². The summed E-state index contributed by atoms with van der Waals surface area (Å²) in [6, 6.07) is 3.83. The summed E-state index contributed by atoms with van der Waals surface area (Å²) in [5.41, 5.74) is 0.423. The lowest BCUT2D eigenvalue weighted by atomic mass is 9.75. The van der Waals surface area contributed by atoms with Crippen LogP contribution in [-0.4, -0.2) is 23.0 Å². The van der Waals surface area contributed by atoms with E-state index in [1.807, 2.05) is 19.1 Å². The van der Waals surface area contributed by atoms with Crippen molar-refractivity contribution in [3.63, 3.8) is 0 Å². The molecular formula is C16H23NO2. The molecule has 1 aromatic rings. The maximum atomic E-state index is 12.7. The Morgan fingerprint density at radius 2 is 2.42 bits per heavy atom. The fourth-order valence-corrected chi connectivity index (χ4v) is 3.09. The van der Waals surface area contributed by atoms with Crippen molar-refractivity contribution < 1.29 is 9.53 Å². The molecule has 3 nitrogen and oxygen atoms in total. The molecule has 1 aliphatic carbocycles. The van der Waals surface area contributed by atoms with Crippen molar-refractivity contribution >= 4 is 5.78 Å². The second kappa shape index (κ2) is 6.29. The van der Waals surface area contributed by atoms with Crippen molar-refractivity contribution in [2.75, 3.05) is 6.61 Å². The van der Waals surface area contributed by atoms with Gasteiger partial charge < -0.3 is 4.74 Å². The summed E-state index contributed by atoms with van der Waals surface area (Å²) in [5, 5.41) is 0. The summed E-state index contributed by atoms with van der Waals surface area (Å²) in [5.74, 6) is 0.784. The third-order valence-electron chi connectivity index (χ3n) is 3.97. The first-order valence-electron chi connectivity index (χ1n) is 7.22. The van der Waals surface area contributed by atoms with E-state index in [1.54, 1.807) is 12.4 Å². The van der Waals surface area contributed by atoms with Gasteiger partial charge in [0.2, 0.25) is 0 Å². The lowest BCUT2D eigenvalue weighted by molar-refractivity contribution is -0.150. The van der Waals surface area contributed by atoms with Crippen LogP contribution in [-0.2, 0) is 16.0 Å². The first kappa shape index (κ1) is 14.2. The van der Waals surface area contributed by atoms with Crippen LogP contribution in [0, 0.1) is 5.92 Å². The maximum absolute atomic E-state index is 12.7. The van der Waals surface area contributed by atoms with Gasteiger partial charge in [-0.2, -0.15) is 0 Å². The molecule has 104 valence electrons. The highest BCUT2D eigenvalue weighted by molar-refractivity contribution is 5.89. The van der Waals surface area contributed by atoms with Gasteiger partial charge in [-0.15, -0.1) is 0 Å². The zero-order chi connectivity index (χ0) is 13.7. The Bertz CT molecular complexity index is 414. The molecule has 2 atom stereocenters. The molecule has 2 unspecified atom stereocenters. The SMILES string of the molecule is CCOC1(C(=O)Cc2cccnc2)CCCC(C)C1. The van der Waals surface area contributed by atoms with Crippen LogP contribution in [0.4, 0.5) is 0 Å². The molecule has 0 amide bonds. The zero-order valence-corrected chi connectivity index (χ0v) is 11.9. The number of ether oxygens (including phenoxy) is 1. The van der Waals surface area contributed by atoms with Crippen molar-refractivity contribution in [2.45, 2.75) is 51.6 Å². The lowest BCUT2D eigenvalue weighted by Gasteiger charge is -2.38. The van der Waals surface area contributed by atoms with E-state index in [4.69, 9.17) is 4.74 Å². The van der Waals surface area contributed by atoms with E-state index in [9.17, 15) is 4.79 Å². The molecule has 1 saturated carbocycles. The number of rotatable bonds is 5. The van der Waals surface area contributed by atoms with E-state index in [-0.39, 0.29) is 5.78 Å². The summed E-state index contributed by atoms with van der Waals surface area (Å²) < 4.78 is 5.90. The molecule has 1 aliphatic rings. The molecule has 19 heavy (non-hydrogen) atoms. The first-order valence-corrected chi connectivity index (χ1v) is 7.22. The molecule has 0 aromatic carbocycles. The van der Waals surface area contributed by atoms with Crippen LogP contribution >= 0.6 is 0 Å². The van der Waals surface area contributed by atoms with Crippen molar-refractivity contribution in [1.82, 2.24) is 4.98 Å². The van der Waals surface area contributed by atoms with Gasteiger partial charge in [0.15, 0.2) is 5.78 Å². The lowest BCUT2D eigenvalue weighted by Crippen LogP contribution is -2.46. The largest absolute Gasteiger partial charge is 0.367 e. The average Bonchev–Trinajstić information content (AvgIpc) is 2.40. The topological polar surface area (TPSA) is 39.2 Å². The summed E-state index contributed by atoms with van der Waals surface area (Å²) in [6.07, 6.45) is 7.94. The van der Waals surface area contributed by atoms with E-state index in [2.05, 4.69) is 11.9 Å². The highest BCUT2D eigenvalue weighted by Crippen LogP contribution is 2.36. The summed E-state index contributed by atoms with van der Waals surface area (Å²) in [7, 11) is 0. The molecular weight excluding hydrogens is 238 g/mol. The number of hydrogen-bond donors (Lipinski definition) is 0. The van der Waals surface area contributed by atoms with Gasteiger partial charge in [0.05, 0.1) is 0 Å². The van der Waals surface area contributed by atoms with Crippen molar-refractivity contribution in [3.8, 4) is 0 Å². The standard InChI is InChI=1S/C16H23NO2/c1-3-19-16(8-4-6-13(2)11-16)15(18)10-14-7-5-9-17-12-14/h5,7,9,12-13H,3-4,6,8,10-11H2,1-2H3. The number of ketones is 1. The van der Waals surface area contributed by atoms with Crippen LogP contribution < -0.4 is 0 Å². The Morgan fingerprint density at radius 3 is 3.05 bits per heavy atom. The highest BCUT2D eigenvalue weighted by Gasteiger charge is 2.41. The van der Waals surface area contributed by atoms with Crippen molar-refractivity contribution in [2.24, 2.45) is 5.92 Å². The molecule has 0 radical (unpaired) electrons. The molecule has 2 rings (SSSR count). The van der Waals surface area contributed by atoms with Gasteiger partial charge in [0.1, 0.15) is 5.60 Å². The second-order valence-corrected chi connectivity index (χ2v) is 5.59. The van der Waals surface area contributed by atoms with E-state index in [0.717, 1.165) is 24.8 Å². The van der Waals surface area contributed by atoms with Crippen LogP contribution in [0.2, 0.25) is 0 Å².